The number of halogens is 1. The van der Waals surface area contributed by atoms with E-state index in [4.69, 9.17) is 5.73 Å². The molecule has 5 heteroatoms. The average molecular weight is 196 g/mol. The maximum Gasteiger partial charge on any atom is 0.315 e. The van der Waals surface area contributed by atoms with E-state index in [1.165, 1.54) is 25.2 Å². The molecule has 2 amide bonds. The van der Waals surface area contributed by atoms with Crippen molar-refractivity contribution in [1.82, 2.24) is 0 Å². The van der Waals surface area contributed by atoms with Gasteiger partial charge >= 0.3 is 11.8 Å². The van der Waals surface area contributed by atoms with E-state index in [2.05, 4.69) is 0 Å². The normalized spacial score (nSPS) is 9.57. The number of nitrogens with zero attached hydrogens (tertiary/aromatic N) is 1. The second kappa shape index (κ2) is 3.87. The van der Waals surface area contributed by atoms with Crippen molar-refractivity contribution in [3.63, 3.8) is 0 Å². The minimum atomic E-state index is -1.12. The van der Waals surface area contributed by atoms with Crippen LogP contribution < -0.4 is 10.6 Å². The van der Waals surface area contributed by atoms with Gasteiger partial charge in [0.15, 0.2) is 0 Å². The average Bonchev–Trinajstić information content (AvgIpc) is 2.16. The Balaban J connectivity index is 3.01. The molecule has 0 unspecified atom stereocenters. The van der Waals surface area contributed by atoms with Crippen molar-refractivity contribution in [2.75, 3.05) is 11.9 Å². The molecule has 0 atom stereocenters. The van der Waals surface area contributed by atoms with E-state index >= 15 is 0 Å². The Kier molecular flexibility index (Phi) is 2.81. The minimum Gasteiger partial charge on any atom is -0.361 e. The molecule has 0 bridgehead atoms. The topological polar surface area (TPSA) is 63.4 Å². The number of rotatable bonds is 1. The van der Waals surface area contributed by atoms with Crippen LogP contribution in [0.15, 0.2) is 24.3 Å². The zero-order valence-electron chi connectivity index (χ0n) is 7.53. The molecule has 0 saturated carbocycles. The van der Waals surface area contributed by atoms with Gasteiger partial charge in [-0.25, -0.2) is 4.39 Å². The molecule has 0 aliphatic carbocycles. The van der Waals surface area contributed by atoms with Crippen molar-refractivity contribution >= 4 is 17.5 Å². The first-order valence-electron chi connectivity index (χ1n) is 3.86. The number of carbonyl (C=O) groups is 2. The minimum absolute atomic E-state index is 0.0244. The molecule has 1 aromatic rings. The molecular weight excluding hydrogens is 187 g/mol. The number of hydrogen-bond donors (Lipinski definition) is 1. The van der Waals surface area contributed by atoms with Gasteiger partial charge in [0.1, 0.15) is 5.82 Å². The number of amides is 2. The summed E-state index contributed by atoms with van der Waals surface area (Å²) in [7, 11) is 1.28. The van der Waals surface area contributed by atoms with Gasteiger partial charge in [-0.15, -0.1) is 0 Å². The molecule has 1 aromatic carbocycles. The molecule has 0 aliphatic rings. The molecule has 0 aromatic heterocycles. The number of hydrogen-bond acceptors (Lipinski definition) is 2. The van der Waals surface area contributed by atoms with E-state index in [0.717, 1.165) is 4.90 Å². The van der Waals surface area contributed by atoms with Gasteiger partial charge in [-0.3, -0.25) is 9.59 Å². The number of primary amides is 1. The summed E-state index contributed by atoms with van der Waals surface area (Å²) in [5, 5.41) is 0. The summed E-state index contributed by atoms with van der Waals surface area (Å²) in [6, 6.07) is 5.63. The number of carbonyl (C=O) groups excluding carboxylic acids is 2. The van der Waals surface area contributed by atoms with Gasteiger partial charge in [0.2, 0.25) is 0 Å². The number of para-hydroxylation sites is 1. The van der Waals surface area contributed by atoms with Gasteiger partial charge in [0.05, 0.1) is 5.69 Å². The van der Waals surface area contributed by atoms with Crippen molar-refractivity contribution in [3.8, 4) is 0 Å². The number of nitrogens with two attached hydrogens (primary N) is 1. The van der Waals surface area contributed by atoms with Crippen LogP contribution in [0.1, 0.15) is 0 Å². The first-order valence-corrected chi connectivity index (χ1v) is 3.86. The van der Waals surface area contributed by atoms with Gasteiger partial charge in [0, 0.05) is 7.05 Å². The van der Waals surface area contributed by atoms with Crippen LogP contribution in [0.5, 0.6) is 0 Å². The third-order valence-electron chi connectivity index (χ3n) is 1.73. The Morgan fingerprint density at radius 1 is 1.36 bits per heavy atom. The highest BCUT2D eigenvalue weighted by molar-refractivity contribution is 6.39. The monoisotopic (exact) mass is 196 g/mol. The Labute approximate surface area is 80.1 Å². The van der Waals surface area contributed by atoms with Crippen LogP contribution in [0.3, 0.4) is 0 Å². The molecule has 0 heterocycles. The van der Waals surface area contributed by atoms with Crippen LogP contribution in [0.25, 0.3) is 0 Å². The lowest BCUT2D eigenvalue weighted by Crippen LogP contribution is -2.38. The van der Waals surface area contributed by atoms with Crippen LogP contribution in [0, 0.1) is 5.82 Å². The fraction of sp³-hybridized carbons (Fsp3) is 0.111. The predicted octanol–water partition coefficient (Wildman–Crippen LogP) is 0.274. The van der Waals surface area contributed by atoms with E-state index in [-0.39, 0.29) is 5.69 Å². The summed E-state index contributed by atoms with van der Waals surface area (Å²) in [6.07, 6.45) is 0. The van der Waals surface area contributed by atoms with Gasteiger partial charge in [-0.1, -0.05) is 12.1 Å². The third-order valence-corrected chi connectivity index (χ3v) is 1.73. The highest BCUT2D eigenvalue weighted by Crippen LogP contribution is 2.16. The zero-order valence-corrected chi connectivity index (χ0v) is 7.53. The molecule has 0 spiro atoms. The highest BCUT2D eigenvalue weighted by Gasteiger charge is 2.18. The second-order valence-electron chi connectivity index (χ2n) is 2.68. The van der Waals surface area contributed by atoms with Gasteiger partial charge in [-0.05, 0) is 12.1 Å². The fourth-order valence-electron chi connectivity index (χ4n) is 0.998. The smallest absolute Gasteiger partial charge is 0.315 e. The van der Waals surface area contributed by atoms with Crippen molar-refractivity contribution in [2.45, 2.75) is 0 Å². The van der Waals surface area contributed by atoms with E-state index < -0.39 is 17.6 Å². The van der Waals surface area contributed by atoms with Crippen molar-refractivity contribution in [3.05, 3.63) is 30.1 Å². The Hall–Kier alpha value is -1.91. The molecule has 4 nitrogen and oxygen atoms in total. The molecule has 0 saturated heterocycles. The van der Waals surface area contributed by atoms with E-state index in [9.17, 15) is 14.0 Å². The molecule has 74 valence electrons. The van der Waals surface area contributed by atoms with Crippen molar-refractivity contribution in [1.29, 1.82) is 0 Å². The molecule has 2 N–H and O–H groups in total. The SMILES string of the molecule is CN(C(=O)C(N)=O)c1ccccc1F. The zero-order chi connectivity index (χ0) is 10.7. The summed E-state index contributed by atoms with van der Waals surface area (Å²) in [5.74, 6) is -2.64. The summed E-state index contributed by atoms with van der Waals surface area (Å²) in [4.78, 5) is 22.5. The number of anilines is 1. The molecule has 0 radical (unpaired) electrons. The summed E-state index contributed by atoms with van der Waals surface area (Å²) < 4.78 is 13.1. The Morgan fingerprint density at radius 3 is 2.43 bits per heavy atom. The summed E-state index contributed by atoms with van der Waals surface area (Å²) in [5.41, 5.74) is 4.80. The van der Waals surface area contributed by atoms with Crippen LogP contribution in [0.2, 0.25) is 0 Å². The lowest BCUT2D eigenvalue weighted by Gasteiger charge is -2.15. The molecule has 1 rings (SSSR count). The molecular formula is C9H9FN2O2. The van der Waals surface area contributed by atoms with Gasteiger partial charge < -0.3 is 10.6 Å². The standard InChI is InChI=1S/C9H9FN2O2/c1-12(9(14)8(11)13)7-5-3-2-4-6(7)10/h2-5H,1H3,(H2,11,13). The predicted molar refractivity (Wildman–Crippen MR) is 49.0 cm³/mol. The van der Waals surface area contributed by atoms with Crippen LogP contribution in [0.4, 0.5) is 10.1 Å². The summed E-state index contributed by atoms with van der Waals surface area (Å²) in [6.45, 7) is 0. The molecule has 0 aliphatic heterocycles. The van der Waals surface area contributed by atoms with Crippen molar-refractivity contribution in [2.24, 2.45) is 5.73 Å². The maximum absolute atomic E-state index is 13.1. The van der Waals surface area contributed by atoms with E-state index in [1.807, 2.05) is 0 Å². The largest absolute Gasteiger partial charge is 0.361 e. The van der Waals surface area contributed by atoms with E-state index in [0.29, 0.717) is 0 Å². The first kappa shape index (κ1) is 10.2. The fourth-order valence-corrected chi connectivity index (χ4v) is 0.998. The van der Waals surface area contributed by atoms with Gasteiger partial charge in [-0.2, -0.15) is 0 Å². The number of likely N-dealkylation sites (N-methyl/N-ethyl adjacent to an activating group) is 1. The Morgan fingerprint density at radius 2 is 1.93 bits per heavy atom. The van der Waals surface area contributed by atoms with Crippen molar-refractivity contribution < 1.29 is 14.0 Å². The van der Waals surface area contributed by atoms with Crippen LogP contribution >= 0.6 is 0 Å². The van der Waals surface area contributed by atoms with Crippen LogP contribution in [-0.2, 0) is 9.59 Å². The summed E-state index contributed by atoms with van der Waals surface area (Å²) >= 11 is 0. The molecule has 0 fully saturated rings. The lowest BCUT2D eigenvalue weighted by atomic mass is 10.3. The lowest BCUT2D eigenvalue weighted by molar-refractivity contribution is -0.135. The first-order chi connectivity index (χ1) is 6.54. The second-order valence-corrected chi connectivity index (χ2v) is 2.68. The third kappa shape index (κ3) is 1.87. The van der Waals surface area contributed by atoms with Crippen LogP contribution in [-0.4, -0.2) is 18.9 Å². The van der Waals surface area contributed by atoms with E-state index in [1.54, 1.807) is 6.07 Å². The quantitative estimate of drug-likeness (QED) is 0.655. The Bertz CT molecular complexity index is 379. The maximum atomic E-state index is 13.1. The van der Waals surface area contributed by atoms with Gasteiger partial charge in [0.25, 0.3) is 0 Å². The highest BCUT2D eigenvalue weighted by atomic mass is 19.1. The number of benzene rings is 1. The molecule has 14 heavy (non-hydrogen) atoms.